The van der Waals surface area contributed by atoms with E-state index in [9.17, 15) is 0 Å². The Hall–Kier alpha value is -0.340. The molecule has 0 spiro atoms. The molecule has 1 heterocycles. The molecule has 0 saturated heterocycles. The highest BCUT2D eigenvalue weighted by atomic mass is 15.1. The highest BCUT2D eigenvalue weighted by Crippen LogP contribution is 1.97. The largest absolute Gasteiger partial charge is 0.327 e. The van der Waals surface area contributed by atoms with Gasteiger partial charge in [0, 0.05) is 25.7 Å². The molecule has 1 atom stereocenters. The van der Waals surface area contributed by atoms with Crippen LogP contribution in [0.2, 0.25) is 0 Å². The van der Waals surface area contributed by atoms with Crippen LogP contribution in [0.25, 0.3) is 0 Å². The monoisotopic (exact) mass is 126 g/mol. The Morgan fingerprint density at radius 2 is 2.11 bits per heavy atom. The number of nitrogens with zero attached hydrogens (tertiary/aromatic N) is 1. The van der Waals surface area contributed by atoms with E-state index >= 15 is 0 Å². The maximum Gasteiger partial charge on any atom is 0.0167 e. The van der Waals surface area contributed by atoms with Crippen LogP contribution >= 0.6 is 0 Å². The van der Waals surface area contributed by atoms with Gasteiger partial charge >= 0.3 is 0 Å². The van der Waals surface area contributed by atoms with Gasteiger partial charge in [0.15, 0.2) is 0 Å². The zero-order valence-electron chi connectivity index (χ0n) is 5.88. The van der Waals surface area contributed by atoms with Crippen molar-refractivity contribution in [3.63, 3.8) is 0 Å². The second-order valence-corrected chi connectivity index (χ2v) is 2.67. The lowest BCUT2D eigenvalue weighted by atomic mass is 10.3. The summed E-state index contributed by atoms with van der Waals surface area (Å²) in [4.78, 5) is 2.32. The summed E-state index contributed by atoms with van der Waals surface area (Å²) in [5.41, 5.74) is 5.60. The SMILES string of the molecule is C[C@@H](N)CN1CC=CC1. The average Bonchev–Trinajstić information content (AvgIpc) is 2.15. The smallest absolute Gasteiger partial charge is 0.0167 e. The van der Waals surface area contributed by atoms with Crippen LogP contribution in [0.3, 0.4) is 0 Å². The fraction of sp³-hybridized carbons (Fsp3) is 0.714. The fourth-order valence-corrected chi connectivity index (χ4v) is 1.08. The highest BCUT2D eigenvalue weighted by Gasteiger charge is 2.06. The minimum atomic E-state index is 0.310. The lowest BCUT2D eigenvalue weighted by molar-refractivity contribution is 0.333. The van der Waals surface area contributed by atoms with Crippen molar-refractivity contribution in [2.75, 3.05) is 19.6 Å². The van der Waals surface area contributed by atoms with Crippen LogP contribution in [0.4, 0.5) is 0 Å². The van der Waals surface area contributed by atoms with Gasteiger partial charge in [-0.2, -0.15) is 0 Å². The van der Waals surface area contributed by atoms with E-state index in [4.69, 9.17) is 5.73 Å². The highest BCUT2D eigenvalue weighted by molar-refractivity contribution is 4.95. The van der Waals surface area contributed by atoms with Crippen molar-refractivity contribution >= 4 is 0 Å². The van der Waals surface area contributed by atoms with Gasteiger partial charge in [-0.05, 0) is 6.92 Å². The molecule has 0 aliphatic carbocycles. The minimum Gasteiger partial charge on any atom is -0.327 e. The van der Waals surface area contributed by atoms with Crippen molar-refractivity contribution in [1.29, 1.82) is 0 Å². The molecule has 0 aromatic heterocycles. The molecule has 0 saturated carbocycles. The second kappa shape index (κ2) is 2.99. The third kappa shape index (κ3) is 2.16. The van der Waals surface area contributed by atoms with E-state index in [2.05, 4.69) is 17.1 Å². The van der Waals surface area contributed by atoms with Crippen molar-refractivity contribution < 1.29 is 0 Å². The molecule has 0 aromatic carbocycles. The molecule has 1 aliphatic heterocycles. The van der Waals surface area contributed by atoms with Gasteiger partial charge < -0.3 is 5.73 Å². The second-order valence-electron chi connectivity index (χ2n) is 2.67. The summed E-state index contributed by atoms with van der Waals surface area (Å²) in [7, 11) is 0. The Bertz CT molecular complexity index is 99.5. The number of rotatable bonds is 2. The van der Waals surface area contributed by atoms with Gasteiger partial charge in [0.2, 0.25) is 0 Å². The Balaban J connectivity index is 2.14. The van der Waals surface area contributed by atoms with E-state index in [1.807, 2.05) is 6.92 Å². The van der Waals surface area contributed by atoms with E-state index in [-0.39, 0.29) is 0 Å². The van der Waals surface area contributed by atoms with Crippen molar-refractivity contribution in [1.82, 2.24) is 4.90 Å². The summed E-state index contributed by atoms with van der Waals surface area (Å²) in [6.45, 7) is 5.23. The first-order valence-electron chi connectivity index (χ1n) is 3.42. The van der Waals surface area contributed by atoms with Crippen LogP contribution in [0.5, 0.6) is 0 Å². The van der Waals surface area contributed by atoms with Gasteiger partial charge in [0.05, 0.1) is 0 Å². The number of nitrogens with two attached hydrogens (primary N) is 1. The molecule has 0 radical (unpaired) electrons. The molecule has 0 amide bonds. The van der Waals surface area contributed by atoms with Crippen LogP contribution in [0.15, 0.2) is 12.2 Å². The maximum absolute atomic E-state index is 5.60. The molecule has 1 aliphatic rings. The standard InChI is InChI=1S/C7H14N2/c1-7(8)6-9-4-2-3-5-9/h2-3,7H,4-6,8H2,1H3/t7-/m1/s1. The summed E-state index contributed by atoms with van der Waals surface area (Å²) in [5, 5.41) is 0. The third-order valence-corrected chi connectivity index (χ3v) is 1.44. The third-order valence-electron chi connectivity index (χ3n) is 1.44. The predicted molar refractivity (Wildman–Crippen MR) is 39.2 cm³/mol. The van der Waals surface area contributed by atoms with E-state index in [0.717, 1.165) is 19.6 Å². The van der Waals surface area contributed by atoms with Crippen LogP contribution < -0.4 is 5.73 Å². The zero-order chi connectivity index (χ0) is 6.69. The van der Waals surface area contributed by atoms with Crippen LogP contribution in [0, 0.1) is 0 Å². The summed E-state index contributed by atoms with van der Waals surface area (Å²) in [6, 6.07) is 0.310. The lowest BCUT2D eigenvalue weighted by Crippen LogP contribution is -2.33. The molecule has 2 nitrogen and oxygen atoms in total. The van der Waals surface area contributed by atoms with Crippen molar-refractivity contribution in [2.24, 2.45) is 5.73 Å². The van der Waals surface area contributed by atoms with Crippen LogP contribution in [-0.2, 0) is 0 Å². The molecule has 2 heteroatoms. The normalized spacial score (nSPS) is 22.9. The van der Waals surface area contributed by atoms with Crippen LogP contribution in [0.1, 0.15) is 6.92 Å². The topological polar surface area (TPSA) is 29.3 Å². The van der Waals surface area contributed by atoms with Crippen molar-refractivity contribution in [2.45, 2.75) is 13.0 Å². The summed E-state index contributed by atoms with van der Waals surface area (Å²) < 4.78 is 0. The molecule has 0 unspecified atom stereocenters. The number of hydrogen-bond acceptors (Lipinski definition) is 2. The maximum atomic E-state index is 5.60. The van der Waals surface area contributed by atoms with E-state index in [1.54, 1.807) is 0 Å². The molecular formula is C7H14N2. The molecule has 52 valence electrons. The molecule has 0 bridgehead atoms. The van der Waals surface area contributed by atoms with Crippen molar-refractivity contribution in [3.8, 4) is 0 Å². The molecule has 1 rings (SSSR count). The lowest BCUT2D eigenvalue weighted by Gasteiger charge is -2.16. The van der Waals surface area contributed by atoms with E-state index in [1.165, 1.54) is 0 Å². The average molecular weight is 126 g/mol. The van der Waals surface area contributed by atoms with Gasteiger partial charge in [0.25, 0.3) is 0 Å². The van der Waals surface area contributed by atoms with Crippen molar-refractivity contribution in [3.05, 3.63) is 12.2 Å². The molecule has 0 fully saturated rings. The van der Waals surface area contributed by atoms with Gasteiger partial charge in [-0.15, -0.1) is 0 Å². The molecule has 9 heavy (non-hydrogen) atoms. The minimum absolute atomic E-state index is 0.310. The molecular weight excluding hydrogens is 112 g/mol. The Labute approximate surface area is 56.3 Å². The molecule has 2 N–H and O–H groups in total. The predicted octanol–water partition coefficient (Wildman–Crippen LogP) is 0.205. The summed E-state index contributed by atoms with van der Waals surface area (Å²) >= 11 is 0. The zero-order valence-corrected chi connectivity index (χ0v) is 5.88. The first-order chi connectivity index (χ1) is 4.29. The summed E-state index contributed by atoms with van der Waals surface area (Å²) in [5.74, 6) is 0. The van der Waals surface area contributed by atoms with E-state index < -0.39 is 0 Å². The number of hydrogen-bond donors (Lipinski definition) is 1. The fourth-order valence-electron chi connectivity index (χ4n) is 1.08. The Morgan fingerprint density at radius 3 is 2.56 bits per heavy atom. The Kier molecular flexibility index (Phi) is 2.25. The van der Waals surface area contributed by atoms with Gasteiger partial charge in [0.1, 0.15) is 0 Å². The van der Waals surface area contributed by atoms with Crippen LogP contribution in [-0.4, -0.2) is 30.6 Å². The first kappa shape index (κ1) is 6.78. The van der Waals surface area contributed by atoms with Gasteiger partial charge in [-0.3, -0.25) is 4.90 Å². The van der Waals surface area contributed by atoms with E-state index in [0.29, 0.717) is 6.04 Å². The van der Waals surface area contributed by atoms with Gasteiger partial charge in [-0.25, -0.2) is 0 Å². The Morgan fingerprint density at radius 1 is 1.56 bits per heavy atom. The van der Waals surface area contributed by atoms with Gasteiger partial charge in [-0.1, -0.05) is 12.2 Å². The molecule has 0 aromatic rings. The summed E-state index contributed by atoms with van der Waals surface area (Å²) in [6.07, 6.45) is 4.37. The first-order valence-corrected chi connectivity index (χ1v) is 3.42. The quantitative estimate of drug-likeness (QED) is 0.536.